The maximum atomic E-state index is 2.50. The Labute approximate surface area is 73.1 Å². The topological polar surface area (TPSA) is 0 Å². The zero-order chi connectivity index (χ0) is 8.81. The summed E-state index contributed by atoms with van der Waals surface area (Å²) in [6.45, 7) is 9.74. The van der Waals surface area contributed by atoms with Gasteiger partial charge in [-0.15, -0.1) is 0 Å². The van der Waals surface area contributed by atoms with Crippen LogP contribution in [-0.4, -0.2) is 23.0 Å². The lowest BCUT2D eigenvalue weighted by molar-refractivity contribution is 0.413. The van der Waals surface area contributed by atoms with E-state index in [0.717, 1.165) is 22.3 Å². The zero-order valence-corrected chi connectivity index (χ0v) is 9.53. The Bertz CT molecular complexity index is 135. The first-order valence-corrected chi connectivity index (χ1v) is 7.17. The van der Waals surface area contributed by atoms with Gasteiger partial charge in [-0.25, -0.2) is 10.0 Å². The summed E-state index contributed by atoms with van der Waals surface area (Å²) in [5, 5.41) is 1.93. The smallest absolute Gasteiger partial charge is 0.0114 e. The molecule has 1 saturated heterocycles. The Morgan fingerprint density at radius 1 is 0.727 bits per heavy atom. The third-order valence-electron chi connectivity index (χ3n) is 4.23. The standard InChI is InChI=1S/C10H22S/c1-7-8(2)10(4)11(5,6)9(7)3/h7-10H,1-6H3. The molecule has 0 bridgehead atoms. The van der Waals surface area contributed by atoms with Crippen LogP contribution in [0.3, 0.4) is 0 Å². The molecule has 0 radical (unpaired) electrons. The third kappa shape index (κ3) is 1.22. The van der Waals surface area contributed by atoms with Crippen molar-refractivity contribution in [3.63, 3.8) is 0 Å². The summed E-state index contributed by atoms with van der Waals surface area (Å²) in [5.74, 6) is 1.88. The van der Waals surface area contributed by atoms with Crippen molar-refractivity contribution in [1.82, 2.24) is 0 Å². The fourth-order valence-corrected chi connectivity index (χ4v) is 5.69. The van der Waals surface area contributed by atoms with Crippen LogP contribution in [0.2, 0.25) is 0 Å². The Morgan fingerprint density at radius 2 is 1.00 bits per heavy atom. The van der Waals surface area contributed by atoms with Crippen molar-refractivity contribution in [3.05, 3.63) is 0 Å². The van der Waals surface area contributed by atoms with Crippen LogP contribution in [0.25, 0.3) is 0 Å². The fraction of sp³-hybridized carbons (Fsp3) is 1.00. The van der Waals surface area contributed by atoms with Crippen molar-refractivity contribution < 1.29 is 0 Å². The quantitative estimate of drug-likeness (QED) is 0.529. The highest BCUT2D eigenvalue weighted by Crippen LogP contribution is 2.62. The first-order chi connectivity index (χ1) is 4.89. The van der Waals surface area contributed by atoms with E-state index in [9.17, 15) is 0 Å². The highest BCUT2D eigenvalue weighted by atomic mass is 32.3. The maximum absolute atomic E-state index is 2.50. The maximum Gasteiger partial charge on any atom is -0.0114 e. The summed E-state index contributed by atoms with van der Waals surface area (Å²) in [6, 6.07) is 0. The average molecular weight is 174 g/mol. The molecule has 4 atom stereocenters. The SMILES string of the molecule is CC1C(C)C(C)S(C)(C)C1C. The number of hydrogen-bond donors (Lipinski definition) is 0. The van der Waals surface area contributed by atoms with E-state index in [-0.39, 0.29) is 10.0 Å². The normalized spacial score (nSPS) is 52.5. The van der Waals surface area contributed by atoms with E-state index >= 15 is 0 Å². The van der Waals surface area contributed by atoms with E-state index in [2.05, 4.69) is 40.2 Å². The molecule has 0 nitrogen and oxygen atoms in total. The fourth-order valence-electron chi connectivity index (χ4n) is 2.30. The molecular weight excluding hydrogens is 152 g/mol. The molecule has 0 aromatic rings. The van der Waals surface area contributed by atoms with Gasteiger partial charge in [-0.1, -0.05) is 27.7 Å². The molecule has 1 fully saturated rings. The van der Waals surface area contributed by atoms with Gasteiger partial charge in [0.05, 0.1) is 0 Å². The molecule has 0 saturated carbocycles. The van der Waals surface area contributed by atoms with Gasteiger partial charge in [0, 0.05) is 0 Å². The van der Waals surface area contributed by atoms with Crippen molar-refractivity contribution in [2.24, 2.45) is 11.8 Å². The van der Waals surface area contributed by atoms with Crippen LogP contribution in [0, 0.1) is 11.8 Å². The summed E-state index contributed by atoms with van der Waals surface area (Å²) in [4.78, 5) is 0. The Balaban J connectivity index is 2.87. The second kappa shape index (κ2) is 2.69. The largest absolute Gasteiger partial charge is 0.241 e. The Kier molecular flexibility index (Phi) is 2.31. The first-order valence-electron chi connectivity index (χ1n) is 4.60. The van der Waals surface area contributed by atoms with Crippen molar-refractivity contribution in [1.29, 1.82) is 0 Å². The van der Waals surface area contributed by atoms with E-state index < -0.39 is 0 Å². The molecule has 0 N–H and O–H groups in total. The lowest BCUT2D eigenvalue weighted by atomic mass is 9.92. The molecule has 68 valence electrons. The van der Waals surface area contributed by atoms with Crippen molar-refractivity contribution in [2.45, 2.75) is 38.2 Å². The van der Waals surface area contributed by atoms with Gasteiger partial charge in [0.15, 0.2) is 0 Å². The van der Waals surface area contributed by atoms with Crippen LogP contribution in [0.1, 0.15) is 27.7 Å². The molecule has 1 heteroatoms. The van der Waals surface area contributed by atoms with E-state index in [1.165, 1.54) is 0 Å². The Morgan fingerprint density at radius 3 is 1.09 bits per heavy atom. The van der Waals surface area contributed by atoms with Gasteiger partial charge in [-0.2, -0.15) is 0 Å². The predicted octanol–water partition coefficient (Wildman–Crippen LogP) is 3.11. The molecule has 1 rings (SSSR count). The molecule has 1 aliphatic heterocycles. The van der Waals surface area contributed by atoms with Crippen LogP contribution < -0.4 is 0 Å². The highest BCUT2D eigenvalue weighted by molar-refractivity contribution is 8.33. The summed E-state index contributed by atoms with van der Waals surface area (Å²) in [7, 11) is -0.302. The lowest BCUT2D eigenvalue weighted by Gasteiger charge is -2.37. The van der Waals surface area contributed by atoms with Crippen molar-refractivity contribution >= 4 is 10.0 Å². The Hall–Kier alpha value is 0.350. The van der Waals surface area contributed by atoms with Crippen molar-refractivity contribution in [2.75, 3.05) is 12.5 Å². The second-order valence-corrected chi connectivity index (χ2v) is 9.08. The molecule has 4 unspecified atom stereocenters. The summed E-state index contributed by atoms with van der Waals surface area (Å²) >= 11 is 0. The minimum absolute atomic E-state index is 0.302. The molecule has 1 heterocycles. The van der Waals surface area contributed by atoms with Crippen LogP contribution >= 0.6 is 10.0 Å². The number of rotatable bonds is 0. The van der Waals surface area contributed by atoms with Crippen molar-refractivity contribution in [3.8, 4) is 0 Å². The monoisotopic (exact) mass is 174 g/mol. The van der Waals surface area contributed by atoms with Gasteiger partial charge in [0.25, 0.3) is 0 Å². The van der Waals surface area contributed by atoms with Gasteiger partial charge in [-0.05, 0) is 34.8 Å². The van der Waals surface area contributed by atoms with Crippen LogP contribution in [0.4, 0.5) is 0 Å². The lowest BCUT2D eigenvalue weighted by Crippen LogP contribution is -2.14. The zero-order valence-electron chi connectivity index (χ0n) is 8.72. The molecule has 11 heavy (non-hydrogen) atoms. The second-order valence-electron chi connectivity index (χ2n) is 4.62. The molecule has 1 aliphatic rings. The van der Waals surface area contributed by atoms with E-state index in [1.807, 2.05) is 0 Å². The molecule has 0 aromatic carbocycles. The van der Waals surface area contributed by atoms with Gasteiger partial charge in [0.2, 0.25) is 0 Å². The summed E-state index contributed by atoms with van der Waals surface area (Å²) in [5.41, 5.74) is 0. The van der Waals surface area contributed by atoms with Crippen LogP contribution in [-0.2, 0) is 0 Å². The van der Waals surface area contributed by atoms with Gasteiger partial charge in [0.1, 0.15) is 0 Å². The molecule has 0 aromatic heterocycles. The molecule has 0 aliphatic carbocycles. The van der Waals surface area contributed by atoms with Crippen LogP contribution in [0.5, 0.6) is 0 Å². The van der Waals surface area contributed by atoms with Gasteiger partial charge in [-0.3, -0.25) is 0 Å². The molecule has 0 amide bonds. The minimum Gasteiger partial charge on any atom is -0.241 e. The number of hydrogen-bond acceptors (Lipinski definition) is 0. The summed E-state index contributed by atoms with van der Waals surface area (Å²) < 4.78 is 0. The van der Waals surface area contributed by atoms with E-state index in [0.29, 0.717) is 0 Å². The van der Waals surface area contributed by atoms with Gasteiger partial charge >= 0.3 is 0 Å². The highest BCUT2D eigenvalue weighted by Gasteiger charge is 2.43. The van der Waals surface area contributed by atoms with Crippen LogP contribution in [0.15, 0.2) is 0 Å². The summed E-state index contributed by atoms with van der Waals surface area (Å²) in [6.07, 6.45) is 5.00. The molecule has 0 spiro atoms. The predicted molar refractivity (Wildman–Crippen MR) is 56.7 cm³/mol. The molecular formula is C10H22S. The average Bonchev–Trinajstić information content (AvgIpc) is 2.06. The van der Waals surface area contributed by atoms with Gasteiger partial charge < -0.3 is 0 Å². The first kappa shape index (κ1) is 9.44. The van der Waals surface area contributed by atoms with E-state index in [4.69, 9.17) is 0 Å². The minimum atomic E-state index is -0.302. The third-order valence-corrected chi connectivity index (χ3v) is 8.92. The van der Waals surface area contributed by atoms with E-state index in [1.54, 1.807) is 0 Å².